The molecule has 3 nitrogen and oxygen atoms in total. The predicted octanol–water partition coefficient (Wildman–Crippen LogP) is 5.28. The molecular weight excluding hydrogens is 374 g/mol. The number of hydrogen-bond donors (Lipinski definition) is 0. The zero-order chi connectivity index (χ0) is 19.1. The number of thiophene rings is 1. The van der Waals surface area contributed by atoms with Crippen molar-refractivity contribution in [2.24, 2.45) is 0 Å². The van der Waals surface area contributed by atoms with Gasteiger partial charge in [0.15, 0.2) is 0 Å². The van der Waals surface area contributed by atoms with Gasteiger partial charge >= 0.3 is 0 Å². The van der Waals surface area contributed by atoms with Crippen molar-refractivity contribution in [3.05, 3.63) is 88.8 Å². The molecule has 27 heavy (non-hydrogen) atoms. The van der Waals surface area contributed by atoms with Gasteiger partial charge < -0.3 is 0 Å². The van der Waals surface area contributed by atoms with Crippen LogP contribution in [0.5, 0.6) is 0 Å². The van der Waals surface area contributed by atoms with Crippen LogP contribution in [-0.4, -0.2) is 12.7 Å². The second-order valence-corrected chi connectivity index (χ2v) is 9.65. The molecule has 141 valence electrons. The van der Waals surface area contributed by atoms with Crippen molar-refractivity contribution in [1.29, 1.82) is 0 Å². The lowest BCUT2D eigenvalue weighted by Crippen LogP contribution is -2.29. The molecule has 0 amide bonds. The van der Waals surface area contributed by atoms with Gasteiger partial charge in [-0.2, -0.15) is 4.31 Å². The zero-order valence-electron chi connectivity index (χ0n) is 15.5. The van der Waals surface area contributed by atoms with Gasteiger partial charge in [-0.1, -0.05) is 61.9 Å². The highest BCUT2D eigenvalue weighted by Crippen LogP contribution is 2.24. The number of hydrogen-bond acceptors (Lipinski definition) is 3. The maximum absolute atomic E-state index is 13.1. The molecule has 0 aliphatic carbocycles. The van der Waals surface area contributed by atoms with E-state index in [2.05, 4.69) is 25.1 Å². The molecule has 1 heterocycles. The van der Waals surface area contributed by atoms with Gasteiger partial charge in [0.25, 0.3) is 10.0 Å². The Bertz CT molecular complexity index is 918. The highest BCUT2D eigenvalue weighted by molar-refractivity contribution is 7.91. The number of benzene rings is 2. The molecule has 1 aromatic heterocycles. The molecule has 0 saturated carbocycles. The van der Waals surface area contributed by atoms with E-state index in [1.54, 1.807) is 21.8 Å². The zero-order valence-corrected chi connectivity index (χ0v) is 17.1. The van der Waals surface area contributed by atoms with E-state index < -0.39 is 10.0 Å². The molecular formula is C22H24NO2S2. The molecule has 0 unspecified atom stereocenters. The normalized spacial score (nSPS) is 11.8. The first kappa shape index (κ1) is 19.8. The SMILES string of the molecule is CCCCc1ccc(CN(Cc2c[c]ccc2)S(=O)(=O)c2cccs2)cc1. The third-order valence-electron chi connectivity index (χ3n) is 4.42. The fraction of sp³-hybridized carbons (Fsp3) is 0.273. The lowest BCUT2D eigenvalue weighted by Gasteiger charge is -2.22. The van der Waals surface area contributed by atoms with Gasteiger partial charge in [0.1, 0.15) is 4.21 Å². The van der Waals surface area contributed by atoms with Crippen LogP contribution in [0.25, 0.3) is 0 Å². The van der Waals surface area contributed by atoms with Crippen LogP contribution in [-0.2, 0) is 29.5 Å². The van der Waals surface area contributed by atoms with Gasteiger partial charge in [-0.25, -0.2) is 8.42 Å². The summed E-state index contributed by atoms with van der Waals surface area (Å²) in [7, 11) is -3.54. The van der Waals surface area contributed by atoms with Crippen LogP contribution in [0.1, 0.15) is 36.5 Å². The van der Waals surface area contributed by atoms with Gasteiger partial charge in [0.2, 0.25) is 0 Å². The monoisotopic (exact) mass is 398 g/mol. The molecule has 0 spiro atoms. The topological polar surface area (TPSA) is 37.4 Å². The van der Waals surface area contributed by atoms with E-state index in [9.17, 15) is 8.42 Å². The standard InChI is InChI=1S/C22H24NO2S2/c1-2-3-8-19-12-14-21(15-13-19)18-23(17-20-9-5-4-6-10-20)27(24,25)22-11-7-16-26-22/h4-5,7,9-16H,2-3,8,17-18H2,1H3. The molecule has 3 rings (SSSR count). The van der Waals surface area contributed by atoms with Gasteiger partial charge in [-0.05, 0) is 53.1 Å². The fourth-order valence-corrected chi connectivity index (χ4v) is 5.45. The minimum Gasteiger partial charge on any atom is -0.206 e. The van der Waals surface area contributed by atoms with Crippen LogP contribution in [0.2, 0.25) is 0 Å². The van der Waals surface area contributed by atoms with Gasteiger partial charge in [-0.3, -0.25) is 0 Å². The Kier molecular flexibility index (Phi) is 6.83. The van der Waals surface area contributed by atoms with Crippen molar-refractivity contribution < 1.29 is 8.42 Å². The van der Waals surface area contributed by atoms with E-state index in [1.165, 1.54) is 29.7 Å². The maximum Gasteiger partial charge on any atom is 0.253 e. The number of aryl methyl sites for hydroxylation is 1. The minimum atomic E-state index is -3.54. The van der Waals surface area contributed by atoms with Gasteiger partial charge in [-0.15, -0.1) is 11.3 Å². The summed E-state index contributed by atoms with van der Waals surface area (Å²) in [4.78, 5) is 0. The largest absolute Gasteiger partial charge is 0.253 e. The molecule has 2 aromatic carbocycles. The summed E-state index contributed by atoms with van der Waals surface area (Å²) in [5, 5.41) is 1.80. The van der Waals surface area contributed by atoms with E-state index in [0.29, 0.717) is 17.3 Å². The second kappa shape index (κ2) is 9.31. The van der Waals surface area contributed by atoms with Crippen LogP contribution in [0.3, 0.4) is 0 Å². The number of rotatable bonds is 9. The van der Waals surface area contributed by atoms with E-state index in [-0.39, 0.29) is 0 Å². The van der Waals surface area contributed by atoms with Gasteiger partial charge in [0, 0.05) is 13.1 Å². The molecule has 1 radical (unpaired) electrons. The lowest BCUT2D eigenvalue weighted by molar-refractivity contribution is 0.402. The summed E-state index contributed by atoms with van der Waals surface area (Å²) in [6.07, 6.45) is 3.40. The Labute approximate surface area is 166 Å². The molecule has 0 fully saturated rings. The Morgan fingerprint density at radius 1 is 0.963 bits per heavy atom. The van der Waals surface area contributed by atoms with Crippen molar-refractivity contribution in [1.82, 2.24) is 4.31 Å². The number of nitrogens with zero attached hydrogens (tertiary/aromatic N) is 1. The van der Waals surface area contributed by atoms with E-state index in [1.807, 2.05) is 36.4 Å². The first-order valence-corrected chi connectivity index (χ1v) is 11.5. The molecule has 0 saturated heterocycles. The Hall–Kier alpha value is -1.95. The van der Waals surface area contributed by atoms with Crippen LogP contribution >= 0.6 is 11.3 Å². The van der Waals surface area contributed by atoms with Crippen LogP contribution in [0, 0.1) is 6.07 Å². The third kappa shape index (κ3) is 5.28. The summed E-state index contributed by atoms with van der Waals surface area (Å²) in [6, 6.07) is 22.2. The average Bonchev–Trinajstić information content (AvgIpc) is 3.23. The molecule has 0 bridgehead atoms. The van der Waals surface area contributed by atoms with Crippen LogP contribution in [0.15, 0.2) is 70.3 Å². The van der Waals surface area contributed by atoms with Crippen LogP contribution < -0.4 is 0 Å². The summed E-state index contributed by atoms with van der Waals surface area (Å²) in [6.45, 7) is 2.86. The Morgan fingerprint density at radius 3 is 2.33 bits per heavy atom. The summed E-state index contributed by atoms with van der Waals surface area (Å²) < 4.78 is 28.2. The quantitative estimate of drug-likeness (QED) is 0.492. The Morgan fingerprint density at radius 2 is 1.70 bits per heavy atom. The van der Waals surface area contributed by atoms with Crippen molar-refractivity contribution in [3.63, 3.8) is 0 Å². The molecule has 0 N–H and O–H groups in total. The van der Waals surface area contributed by atoms with Crippen molar-refractivity contribution >= 4 is 21.4 Å². The summed E-state index contributed by atoms with van der Waals surface area (Å²) >= 11 is 1.25. The summed E-state index contributed by atoms with van der Waals surface area (Å²) in [5.41, 5.74) is 3.22. The smallest absolute Gasteiger partial charge is 0.206 e. The van der Waals surface area contributed by atoms with Crippen LogP contribution in [0.4, 0.5) is 0 Å². The van der Waals surface area contributed by atoms with Gasteiger partial charge in [0.05, 0.1) is 0 Å². The molecule has 0 aliphatic heterocycles. The van der Waals surface area contributed by atoms with E-state index >= 15 is 0 Å². The van der Waals surface area contributed by atoms with E-state index in [4.69, 9.17) is 0 Å². The van der Waals surface area contributed by atoms with Crippen molar-refractivity contribution in [3.8, 4) is 0 Å². The van der Waals surface area contributed by atoms with E-state index in [0.717, 1.165) is 17.5 Å². The first-order valence-electron chi connectivity index (χ1n) is 9.16. The Balaban J connectivity index is 1.83. The fourth-order valence-electron chi connectivity index (χ4n) is 2.89. The third-order valence-corrected chi connectivity index (χ3v) is 7.59. The lowest BCUT2D eigenvalue weighted by atomic mass is 10.1. The predicted molar refractivity (Wildman–Crippen MR) is 111 cm³/mol. The maximum atomic E-state index is 13.1. The molecule has 5 heteroatoms. The second-order valence-electron chi connectivity index (χ2n) is 6.54. The first-order chi connectivity index (χ1) is 13.1. The summed E-state index contributed by atoms with van der Waals surface area (Å²) in [5.74, 6) is 0. The molecule has 0 atom stereocenters. The van der Waals surface area contributed by atoms with Crippen molar-refractivity contribution in [2.45, 2.75) is 43.5 Å². The average molecular weight is 399 g/mol. The molecule has 0 aliphatic rings. The highest BCUT2D eigenvalue weighted by atomic mass is 32.2. The number of sulfonamides is 1. The minimum absolute atomic E-state index is 0.329. The van der Waals surface area contributed by atoms with Crippen molar-refractivity contribution in [2.75, 3.05) is 0 Å². The highest BCUT2D eigenvalue weighted by Gasteiger charge is 2.25. The molecule has 3 aromatic rings. The number of unbranched alkanes of at least 4 members (excludes halogenated alkanes) is 1.